The first-order valence-corrected chi connectivity index (χ1v) is 10.7. The highest BCUT2D eigenvalue weighted by molar-refractivity contribution is 5.92. The zero-order valence-corrected chi connectivity index (χ0v) is 19.4. The maximum Gasteiger partial charge on any atom is 0.347 e. The maximum atomic E-state index is 12.0. The Balaban J connectivity index is 1.56. The van der Waals surface area contributed by atoms with E-state index in [0.29, 0.717) is 11.4 Å². The van der Waals surface area contributed by atoms with Crippen molar-refractivity contribution in [1.29, 1.82) is 0 Å². The van der Waals surface area contributed by atoms with Gasteiger partial charge in [-0.2, -0.15) is 0 Å². The van der Waals surface area contributed by atoms with E-state index in [0.717, 1.165) is 0 Å². The molecule has 2 rings (SSSR count). The van der Waals surface area contributed by atoms with Gasteiger partial charge in [0.1, 0.15) is 13.2 Å². The quantitative estimate of drug-likeness (QED) is 0.193. The lowest BCUT2D eigenvalue weighted by molar-refractivity contribution is -0.156. The van der Waals surface area contributed by atoms with Crippen LogP contribution in [0.1, 0.15) is 34.6 Å². The van der Waals surface area contributed by atoms with Gasteiger partial charge in [0, 0.05) is 11.4 Å². The fourth-order valence-electron chi connectivity index (χ4n) is 2.53. The molecule has 2 aromatic carbocycles. The van der Waals surface area contributed by atoms with Gasteiger partial charge < -0.3 is 35.2 Å². The van der Waals surface area contributed by atoms with E-state index < -0.39 is 36.1 Å². The van der Waals surface area contributed by atoms with Crippen molar-refractivity contribution in [3.05, 3.63) is 59.7 Å². The first kappa shape index (κ1) is 27.1. The molecule has 0 saturated heterocycles. The highest BCUT2D eigenvalue weighted by atomic mass is 16.6. The van der Waals surface area contributed by atoms with Crippen LogP contribution in [0.2, 0.25) is 0 Å². The van der Waals surface area contributed by atoms with Gasteiger partial charge in [0.05, 0.1) is 24.3 Å². The van der Waals surface area contributed by atoms with Gasteiger partial charge in [-0.25, -0.2) is 19.2 Å². The lowest BCUT2D eigenvalue weighted by atomic mass is 10.2. The number of carbonyl (C=O) groups excluding carboxylic acids is 4. The van der Waals surface area contributed by atoms with Crippen molar-refractivity contribution in [2.75, 3.05) is 37.9 Å². The van der Waals surface area contributed by atoms with Crippen LogP contribution in [0.5, 0.6) is 0 Å². The fourth-order valence-corrected chi connectivity index (χ4v) is 2.53. The van der Waals surface area contributed by atoms with Crippen LogP contribution in [0, 0.1) is 0 Å². The van der Waals surface area contributed by atoms with E-state index in [2.05, 4.69) is 0 Å². The molecule has 0 heterocycles. The molecule has 11 nitrogen and oxygen atoms in total. The van der Waals surface area contributed by atoms with Crippen LogP contribution in [-0.2, 0) is 33.3 Å². The van der Waals surface area contributed by atoms with Crippen molar-refractivity contribution >= 4 is 35.3 Å². The van der Waals surface area contributed by atoms with Crippen molar-refractivity contribution < 1.29 is 42.9 Å². The number of esters is 4. The second-order valence-corrected chi connectivity index (χ2v) is 7.29. The smallest absolute Gasteiger partial charge is 0.347 e. The van der Waals surface area contributed by atoms with Crippen LogP contribution in [-0.4, -0.2) is 62.5 Å². The third-order valence-corrected chi connectivity index (χ3v) is 4.47. The summed E-state index contributed by atoms with van der Waals surface area (Å²) in [5, 5.41) is 0. The predicted octanol–water partition coefficient (Wildman–Crippen LogP) is 1.74. The molecule has 0 radical (unpaired) electrons. The van der Waals surface area contributed by atoms with Crippen LogP contribution in [0.3, 0.4) is 0 Å². The van der Waals surface area contributed by atoms with E-state index in [9.17, 15) is 19.2 Å². The summed E-state index contributed by atoms with van der Waals surface area (Å²) in [6.07, 6.45) is -2.23. The Bertz CT molecular complexity index is 925. The van der Waals surface area contributed by atoms with Crippen LogP contribution in [0.15, 0.2) is 48.5 Å². The zero-order chi connectivity index (χ0) is 25.8. The summed E-state index contributed by atoms with van der Waals surface area (Å²) >= 11 is 0. The van der Waals surface area contributed by atoms with Gasteiger partial charge in [0.25, 0.3) is 0 Å². The third-order valence-electron chi connectivity index (χ3n) is 4.47. The first-order valence-electron chi connectivity index (χ1n) is 10.7. The highest BCUT2D eigenvalue weighted by Gasteiger charge is 2.21. The van der Waals surface area contributed by atoms with E-state index in [4.69, 9.17) is 35.2 Å². The monoisotopic (exact) mass is 488 g/mol. The molecule has 2 unspecified atom stereocenters. The maximum absolute atomic E-state index is 12.0. The third kappa shape index (κ3) is 9.33. The summed E-state index contributed by atoms with van der Waals surface area (Å²) in [6.45, 7) is 2.66. The lowest BCUT2D eigenvalue weighted by Crippen LogP contribution is -2.28. The first-order chi connectivity index (χ1) is 16.7. The number of nitrogen functional groups attached to an aromatic ring is 2. The summed E-state index contributed by atoms with van der Waals surface area (Å²) in [4.78, 5) is 47.9. The molecule has 188 valence electrons. The molecular weight excluding hydrogens is 460 g/mol. The molecule has 0 saturated carbocycles. The molecule has 4 N–H and O–H groups in total. The number of ether oxygens (including phenoxy) is 5. The van der Waals surface area contributed by atoms with E-state index in [-0.39, 0.29) is 37.6 Å². The Morgan fingerprint density at radius 1 is 0.629 bits per heavy atom. The molecule has 35 heavy (non-hydrogen) atoms. The second-order valence-electron chi connectivity index (χ2n) is 7.29. The summed E-state index contributed by atoms with van der Waals surface area (Å²) in [5.74, 6) is -2.83. The fraction of sp³-hybridized carbons (Fsp3) is 0.333. The van der Waals surface area contributed by atoms with E-state index >= 15 is 0 Å². The Morgan fingerprint density at radius 3 is 1.31 bits per heavy atom. The van der Waals surface area contributed by atoms with E-state index in [1.807, 2.05) is 0 Å². The normalized spacial score (nSPS) is 12.2. The van der Waals surface area contributed by atoms with Crippen molar-refractivity contribution in [3.63, 3.8) is 0 Å². The molecule has 0 fully saturated rings. The number of rotatable bonds is 12. The molecule has 0 aliphatic heterocycles. The standard InChI is InChI=1S/C24H28N2O9/c1-15(34-23(29)17-3-7-19(25)8-4-17)21(27)32-13-11-31-12-14-33-22(28)16(2)35-24(30)18-5-9-20(26)10-6-18/h3-10,15-16H,11-14,25-26H2,1-2H3. The summed E-state index contributed by atoms with van der Waals surface area (Å²) in [6, 6.07) is 12.1. The molecule has 0 spiro atoms. The average Bonchev–Trinajstić information content (AvgIpc) is 2.83. The van der Waals surface area contributed by atoms with Crippen LogP contribution < -0.4 is 11.5 Å². The van der Waals surface area contributed by atoms with Crippen molar-refractivity contribution in [3.8, 4) is 0 Å². The predicted molar refractivity (Wildman–Crippen MR) is 124 cm³/mol. The molecule has 0 bridgehead atoms. The average molecular weight is 488 g/mol. The summed E-state index contributed by atoms with van der Waals surface area (Å²) in [7, 11) is 0. The van der Waals surface area contributed by atoms with Gasteiger partial charge >= 0.3 is 23.9 Å². The second kappa shape index (κ2) is 13.6. The van der Waals surface area contributed by atoms with Gasteiger partial charge in [0.2, 0.25) is 0 Å². The number of hydrogen-bond acceptors (Lipinski definition) is 11. The number of anilines is 2. The van der Waals surface area contributed by atoms with Gasteiger partial charge in [-0.15, -0.1) is 0 Å². The van der Waals surface area contributed by atoms with Crippen molar-refractivity contribution in [1.82, 2.24) is 0 Å². The van der Waals surface area contributed by atoms with Gasteiger partial charge in [-0.05, 0) is 62.4 Å². The Morgan fingerprint density at radius 2 is 0.971 bits per heavy atom. The van der Waals surface area contributed by atoms with Crippen LogP contribution >= 0.6 is 0 Å². The van der Waals surface area contributed by atoms with Crippen molar-refractivity contribution in [2.24, 2.45) is 0 Å². The minimum atomic E-state index is -1.11. The Labute approximate surface area is 202 Å². The van der Waals surface area contributed by atoms with Crippen LogP contribution in [0.4, 0.5) is 11.4 Å². The number of carbonyl (C=O) groups is 4. The minimum Gasteiger partial charge on any atom is -0.461 e. The molecule has 11 heteroatoms. The largest absolute Gasteiger partial charge is 0.461 e. The highest BCUT2D eigenvalue weighted by Crippen LogP contribution is 2.10. The molecule has 0 aliphatic rings. The molecule has 0 amide bonds. The number of hydrogen-bond donors (Lipinski definition) is 2. The topological polar surface area (TPSA) is 166 Å². The van der Waals surface area contributed by atoms with Crippen LogP contribution in [0.25, 0.3) is 0 Å². The molecule has 2 atom stereocenters. The summed E-state index contributed by atoms with van der Waals surface area (Å²) in [5.41, 5.74) is 12.6. The Kier molecular flexibility index (Phi) is 10.5. The van der Waals surface area contributed by atoms with Crippen molar-refractivity contribution in [2.45, 2.75) is 26.1 Å². The molecule has 2 aromatic rings. The van der Waals surface area contributed by atoms with Gasteiger partial charge in [-0.3, -0.25) is 0 Å². The molecule has 0 aromatic heterocycles. The lowest BCUT2D eigenvalue weighted by Gasteiger charge is -2.14. The summed E-state index contributed by atoms with van der Waals surface area (Å²) < 4.78 is 25.3. The van der Waals surface area contributed by atoms with E-state index in [1.54, 1.807) is 24.3 Å². The minimum absolute atomic E-state index is 0.0313. The Hall–Kier alpha value is -4.12. The van der Waals surface area contributed by atoms with E-state index in [1.165, 1.54) is 38.1 Å². The number of benzene rings is 2. The van der Waals surface area contributed by atoms with Gasteiger partial charge in [-0.1, -0.05) is 0 Å². The zero-order valence-electron chi connectivity index (χ0n) is 19.4. The number of nitrogens with two attached hydrogens (primary N) is 2. The van der Waals surface area contributed by atoms with Gasteiger partial charge in [0.15, 0.2) is 12.2 Å². The molecular formula is C24H28N2O9. The molecule has 0 aliphatic carbocycles. The SMILES string of the molecule is CC(OC(=O)c1ccc(N)cc1)C(=O)OCCOCCOC(=O)C(C)OC(=O)c1ccc(N)cc1.